The van der Waals surface area contributed by atoms with Gasteiger partial charge in [-0.25, -0.2) is 0 Å². The monoisotopic (exact) mass is 298 g/mol. The van der Waals surface area contributed by atoms with Crippen LogP contribution in [0, 0.1) is 5.92 Å². The summed E-state index contributed by atoms with van der Waals surface area (Å²) in [6.45, 7) is 8.07. The maximum atomic E-state index is 5.98. The molecule has 20 heavy (non-hydrogen) atoms. The molecular weight excluding hydrogens is 276 g/mol. The number of hydrogen-bond acceptors (Lipinski definition) is 5. The van der Waals surface area contributed by atoms with Gasteiger partial charge in [0, 0.05) is 13.1 Å². The Hall–Kier alpha value is -1.10. The van der Waals surface area contributed by atoms with Crippen LogP contribution < -0.4 is 9.64 Å². The maximum absolute atomic E-state index is 5.98. The summed E-state index contributed by atoms with van der Waals surface area (Å²) in [5.41, 5.74) is 0. The van der Waals surface area contributed by atoms with Crippen molar-refractivity contribution < 1.29 is 4.74 Å². The van der Waals surface area contributed by atoms with E-state index in [9.17, 15) is 0 Å². The molecule has 0 unspecified atom stereocenters. The number of ether oxygens (including phenoxy) is 1. The predicted octanol–water partition coefficient (Wildman–Crippen LogP) is 3.33. The number of hydrogen-bond donors (Lipinski definition) is 0. The van der Waals surface area contributed by atoms with E-state index in [1.165, 1.54) is 12.8 Å². The highest BCUT2D eigenvalue weighted by atomic mass is 35.5. The first-order valence-corrected chi connectivity index (χ1v) is 7.83. The summed E-state index contributed by atoms with van der Waals surface area (Å²) in [6, 6.07) is 0.353. The van der Waals surface area contributed by atoms with Crippen molar-refractivity contribution in [2.24, 2.45) is 5.92 Å². The van der Waals surface area contributed by atoms with Gasteiger partial charge in [-0.05, 0) is 57.0 Å². The average molecular weight is 299 g/mol. The molecule has 1 aliphatic rings. The Kier molecular flexibility index (Phi) is 5.40. The summed E-state index contributed by atoms with van der Waals surface area (Å²) in [4.78, 5) is 14.7. The number of anilines is 1. The van der Waals surface area contributed by atoms with Crippen LogP contribution in [0.4, 0.5) is 5.95 Å². The SMILES string of the molecule is CCN(CC)c1nc(Cl)nc(OC2CCC(C)CC2)n1. The molecule has 5 nitrogen and oxygen atoms in total. The molecule has 0 aliphatic heterocycles. The topological polar surface area (TPSA) is 51.1 Å². The van der Waals surface area contributed by atoms with E-state index in [4.69, 9.17) is 16.3 Å². The minimum atomic E-state index is 0.195. The largest absolute Gasteiger partial charge is 0.460 e. The van der Waals surface area contributed by atoms with Gasteiger partial charge in [0.2, 0.25) is 11.2 Å². The summed E-state index contributed by atoms with van der Waals surface area (Å²) in [5.74, 6) is 1.39. The van der Waals surface area contributed by atoms with Crippen molar-refractivity contribution in [3.05, 3.63) is 5.28 Å². The van der Waals surface area contributed by atoms with Crippen LogP contribution in [0.5, 0.6) is 6.01 Å². The van der Waals surface area contributed by atoms with Gasteiger partial charge < -0.3 is 9.64 Å². The third-order valence-electron chi connectivity index (χ3n) is 3.86. The highest BCUT2D eigenvalue weighted by Gasteiger charge is 2.21. The molecule has 1 aliphatic carbocycles. The molecule has 0 atom stereocenters. The fourth-order valence-electron chi connectivity index (χ4n) is 2.52. The first kappa shape index (κ1) is 15.3. The van der Waals surface area contributed by atoms with E-state index in [1.54, 1.807) is 0 Å². The Morgan fingerprint density at radius 2 is 1.75 bits per heavy atom. The van der Waals surface area contributed by atoms with Gasteiger partial charge in [0.1, 0.15) is 6.10 Å². The number of nitrogens with zero attached hydrogens (tertiary/aromatic N) is 4. The zero-order valence-electron chi connectivity index (χ0n) is 12.5. The van der Waals surface area contributed by atoms with Gasteiger partial charge in [-0.1, -0.05) is 6.92 Å². The maximum Gasteiger partial charge on any atom is 0.322 e. The molecule has 0 spiro atoms. The van der Waals surface area contributed by atoms with Crippen molar-refractivity contribution in [1.29, 1.82) is 0 Å². The van der Waals surface area contributed by atoms with Crippen LogP contribution in [-0.4, -0.2) is 34.1 Å². The summed E-state index contributed by atoms with van der Waals surface area (Å²) in [6.07, 6.45) is 4.73. The lowest BCUT2D eigenvalue weighted by Crippen LogP contribution is -2.26. The van der Waals surface area contributed by atoms with E-state index in [1.807, 2.05) is 4.90 Å². The van der Waals surface area contributed by atoms with E-state index < -0.39 is 0 Å². The Bertz CT molecular complexity index is 431. The third-order valence-corrected chi connectivity index (χ3v) is 4.03. The molecule has 1 aromatic heterocycles. The molecule has 1 saturated carbocycles. The van der Waals surface area contributed by atoms with E-state index >= 15 is 0 Å². The van der Waals surface area contributed by atoms with Crippen molar-refractivity contribution in [3.63, 3.8) is 0 Å². The van der Waals surface area contributed by atoms with Gasteiger partial charge in [0.25, 0.3) is 0 Å². The Balaban J connectivity index is 2.07. The lowest BCUT2D eigenvalue weighted by molar-refractivity contribution is 0.124. The molecule has 112 valence electrons. The van der Waals surface area contributed by atoms with Gasteiger partial charge in [-0.2, -0.15) is 15.0 Å². The fraction of sp³-hybridized carbons (Fsp3) is 0.786. The Morgan fingerprint density at radius 1 is 1.10 bits per heavy atom. The molecule has 0 aromatic carbocycles. The van der Waals surface area contributed by atoms with Crippen LogP contribution in [-0.2, 0) is 0 Å². The van der Waals surface area contributed by atoms with Gasteiger partial charge in [-0.15, -0.1) is 0 Å². The molecule has 1 fully saturated rings. The van der Waals surface area contributed by atoms with Crippen molar-refractivity contribution >= 4 is 17.5 Å². The summed E-state index contributed by atoms with van der Waals surface area (Å²) in [7, 11) is 0. The number of rotatable bonds is 5. The predicted molar refractivity (Wildman–Crippen MR) is 80.4 cm³/mol. The van der Waals surface area contributed by atoms with Crippen molar-refractivity contribution in [2.75, 3.05) is 18.0 Å². The van der Waals surface area contributed by atoms with E-state index in [0.29, 0.717) is 12.0 Å². The lowest BCUT2D eigenvalue weighted by atomic mass is 9.89. The molecule has 0 N–H and O–H groups in total. The van der Waals surface area contributed by atoms with Crippen molar-refractivity contribution in [3.8, 4) is 6.01 Å². The van der Waals surface area contributed by atoms with E-state index in [0.717, 1.165) is 31.8 Å². The zero-order chi connectivity index (χ0) is 14.5. The first-order chi connectivity index (χ1) is 9.62. The minimum Gasteiger partial charge on any atom is -0.460 e. The minimum absolute atomic E-state index is 0.195. The molecule has 0 saturated heterocycles. The Labute approximate surface area is 125 Å². The molecule has 0 amide bonds. The van der Waals surface area contributed by atoms with Gasteiger partial charge in [-0.3, -0.25) is 0 Å². The van der Waals surface area contributed by atoms with E-state index in [-0.39, 0.29) is 11.4 Å². The molecule has 1 aromatic rings. The number of halogens is 1. The highest BCUT2D eigenvalue weighted by Crippen LogP contribution is 2.26. The molecular formula is C14H23ClN4O. The van der Waals surface area contributed by atoms with Gasteiger partial charge >= 0.3 is 6.01 Å². The second kappa shape index (κ2) is 7.07. The smallest absolute Gasteiger partial charge is 0.322 e. The van der Waals surface area contributed by atoms with E-state index in [2.05, 4.69) is 35.7 Å². The molecule has 6 heteroatoms. The summed E-state index contributed by atoms with van der Waals surface area (Å²) < 4.78 is 5.89. The molecule has 1 heterocycles. The van der Waals surface area contributed by atoms with Crippen LogP contribution in [0.25, 0.3) is 0 Å². The fourth-order valence-corrected chi connectivity index (χ4v) is 2.67. The van der Waals surface area contributed by atoms with Gasteiger partial charge in [0.05, 0.1) is 0 Å². The van der Waals surface area contributed by atoms with Crippen LogP contribution in [0.15, 0.2) is 0 Å². The number of aromatic nitrogens is 3. The first-order valence-electron chi connectivity index (χ1n) is 7.45. The van der Waals surface area contributed by atoms with Crippen molar-refractivity contribution in [2.45, 2.75) is 52.6 Å². The quantitative estimate of drug-likeness (QED) is 0.834. The highest BCUT2D eigenvalue weighted by molar-refractivity contribution is 6.28. The summed E-state index contributed by atoms with van der Waals surface area (Å²) in [5, 5.41) is 0.195. The molecule has 2 rings (SSSR count). The van der Waals surface area contributed by atoms with Crippen molar-refractivity contribution in [1.82, 2.24) is 15.0 Å². The second-order valence-electron chi connectivity index (χ2n) is 5.36. The van der Waals surface area contributed by atoms with Gasteiger partial charge in [0.15, 0.2) is 0 Å². The lowest BCUT2D eigenvalue weighted by Gasteiger charge is -2.26. The van der Waals surface area contributed by atoms with Crippen LogP contribution in [0.2, 0.25) is 5.28 Å². The second-order valence-corrected chi connectivity index (χ2v) is 5.70. The zero-order valence-corrected chi connectivity index (χ0v) is 13.2. The summed E-state index contributed by atoms with van der Waals surface area (Å²) >= 11 is 5.98. The molecule has 0 radical (unpaired) electrons. The standard InChI is InChI=1S/C14H23ClN4O/c1-4-19(5-2)13-16-12(15)17-14(18-13)20-11-8-6-10(3)7-9-11/h10-11H,4-9H2,1-3H3. The van der Waals surface area contributed by atoms with Crippen LogP contribution in [0.1, 0.15) is 46.5 Å². The third kappa shape index (κ3) is 3.95. The Morgan fingerprint density at radius 3 is 2.35 bits per heavy atom. The normalized spacial score (nSPS) is 22.6. The molecule has 0 bridgehead atoms. The van der Waals surface area contributed by atoms with Crippen LogP contribution in [0.3, 0.4) is 0 Å². The average Bonchev–Trinajstić information content (AvgIpc) is 2.42. The van der Waals surface area contributed by atoms with Crippen LogP contribution >= 0.6 is 11.6 Å².